The van der Waals surface area contributed by atoms with Gasteiger partial charge in [-0.15, -0.1) is 0 Å². The van der Waals surface area contributed by atoms with E-state index in [0.717, 1.165) is 12.0 Å². The second-order valence-corrected chi connectivity index (χ2v) is 7.02. The van der Waals surface area contributed by atoms with E-state index in [0.29, 0.717) is 30.7 Å². The van der Waals surface area contributed by atoms with E-state index < -0.39 is 18.0 Å². The third kappa shape index (κ3) is 5.98. The zero-order chi connectivity index (χ0) is 17.4. The summed E-state index contributed by atoms with van der Waals surface area (Å²) < 4.78 is 0. The number of aliphatic hydroxyl groups excluding tert-OH is 1. The second-order valence-electron chi connectivity index (χ2n) is 7.02. The van der Waals surface area contributed by atoms with Crippen molar-refractivity contribution in [2.45, 2.75) is 63.9 Å². The summed E-state index contributed by atoms with van der Waals surface area (Å²) in [5, 5.41) is 28.5. The first-order chi connectivity index (χ1) is 11.6. The molecule has 1 aromatic carbocycles. The standard InChI is InChI=1S/C20H27NO3/c21-14-17-8-6-16(7-9-17)12-18(20(23)24)13-19(22)11-10-15-4-2-1-3-5-15/h6-9,15,18-19,22H,1-5,10-13H2,(H,23,24)/t18-,19+/m1/s1. The number of benzene rings is 1. The van der Waals surface area contributed by atoms with E-state index >= 15 is 0 Å². The third-order valence-electron chi connectivity index (χ3n) is 5.10. The summed E-state index contributed by atoms with van der Waals surface area (Å²) in [6, 6.07) is 9.05. The topological polar surface area (TPSA) is 81.3 Å². The van der Waals surface area contributed by atoms with Crippen LogP contribution in [0.3, 0.4) is 0 Å². The van der Waals surface area contributed by atoms with Crippen molar-refractivity contribution in [3.05, 3.63) is 35.4 Å². The molecule has 0 amide bonds. The summed E-state index contributed by atoms with van der Waals surface area (Å²) in [6.45, 7) is 0. The molecule has 4 nitrogen and oxygen atoms in total. The molecule has 0 spiro atoms. The predicted octanol–water partition coefficient (Wildman–Crippen LogP) is 3.91. The maximum atomic E-state index is 11.5. The van der Waals surface area contributed by atoms with Crippen LogP contribution in [0.5, 0.6) is 0 Å². The Bertz CT molecular complexity index is 555. The van der Waals surface area contributed by atoms with Crippen molar-refractivity contribution >= 4 is 5.97 Å². The van der Waals surface area contributed by atoms with Crippen molar-refractivity contribution < 1.29 is 15.0 Å². The fourth-order valence-corrected chi connectivity index (χ4v) is 3.62. The highest BCUT2D eigenvalue weighted by atomic mass is 16.4. The number of carboxylic acids is 1. The molecule has 0 bridgehead atoms. The molecule has 2 atom stereocenters. The van der Waals surface area contributed by atoms with Crippen molar-refractivity contribution in [2.24, 2.45) is 11.8 Å². The van der Waals surface area contributed by atoms with Crippen LogP contribution in [0.15, 0.2) is 24.3 Å². The highest BCUT2D eigenvalue weighted by Gasteiger charge is 2.23. The van der Waals surface area contributed by atoms with Crippen molar-refractivity contribution in [3.63, 3.8) is 0 Å². The number of hydrogen-bond acceptors (Lipinski definition) is 3. The minimum atomic E-state index is -0.865. The molecule has 4 heteroatoms. The van der Waals surface area contributed by atoms with Gasteiger partial charge in [-0.05, 0) is 49.3 Å². The van der Waals surface area contributed by atoms with E-state index in [2.05, 4.69) is 6.07 Å². The molecule has 0 saturated heterocycles. The molecule has 0 unspecified atom stereocenters. The van der Waals surface area contributed by atoms with Gasteiger partial charge in [-0.25, -0.2) is 0 Å². The first kappa shape index (κ1) is 18.5. The van der Waals surface area contributed by atoms with E-state index in [1.54, 1.807) is 24.3 Å². The lowest BCUT2D eigenvalue weighted by Gasteiger charge is -2.23. The smallest absolute Gasteiger partial charge is 0.306 e. The number of rotatable bonds is 8. The molecule has 0 aliphatic heterocycles. The normalized spacial score (nSPS) is 17.8. The molecule has 1 fully saturated rings. The summed E-state index contributed by atoms with van der Waals surface area (Å²) in [4.78, 5) is 11.5. The first-order valence-corrected chi connectivity index (χ1v) is 8.98. The van der Waals surface area contributed by atoms with Crippen LogP contribution >= 0.6 is 0 Å². The maximum absolute atomic E-state index is 11.5. The van der Waals surface area contributed by atoms with Gasteiger partial charge < -0.3 is 10.2 Å². The quantitative estimate of drug-likeness (QED) is 0.757. The minimum Gasteiger partial charge on any atom is -0.481 e. The van der Waals surface area contributed by atoms with Crippen molar-refractivity contribution in [1.82, 2.24) is 0 Å². The van der Waals surface area contributed by atoms with Crippen LogP contribution in [0, 0.1) is 23.2 Å². The van der Waals surface area contributed by atoms with Gasteiger partial charge in [0.2, 0.25) is 0 Å². The Kier molecular flexibility index (Phi) is 7.27. The van der Waals surface area contributed by atoms with Crippen molar-refractivity contribution in [3.8, 4) is 6.07 Å². The maximum Gasteiger partial charge on any atom is 0.306 e. The van der Waals surface area contributed by atoms with Gasteiger partial charge in [0.1, 0.15) is 0 Å². The van der Waals surface area contributed by atoms with Crippen LogP contribution in [0.4, 0.5) is 0 Å². The average molecular weight is 329 g/mol. The number of hydrogen-bond donors (Lipinski definition) is 2. The van der Waals surface area contributed by atoms with Crippen LogP contribution < -0.4 is 0 Å². The van der Waals surface area contributed by atoms with Crippen LogP contribution in [0.25, 0.3) is 0 Å². The van der Waals surface area contributed by atoms with Crippen molar-refractivity contribution in [1.29, 1.82) is 5.26 Å². The highest BCUT2D eigenvalue weighted by molar-refractivity contribution is 5.70. The number of aliphatic hydroxyl groups is 1. The minimum absolute atomic E-state index is 0.294. The second kappa shape index (κ2) is 9.44. The van der Waals surface area contributed by atoms with E-state index in [1.165, 1.54) is 32.1 Å². The molecule has 2 N–H and O–H groups in total. The van der Waals surface area contributed by atoms with Gasteiger partial charge in [-0.1, -0.05) is 44.2 Å². The fraction of sp³-hybridized carbons (Fsp3) is 0.600. The molecule has 0 radical (unpaired) electrons. The number of nitriles is 1. The van der Waals surface area contributed by atoms with Crippen LogP contribution in [0.1, 0.15) is 62.5 Å². The van der Waals surface area contributed by atoms with Crippen molar-refractivity contribution in [2.75, 3.05) is 0 Å². The predicted molar refractivity (Wildman–Crippen MR) is 92.4 cm³/mol. The SMILES string of the molecule is N#Cc1ccc(C[C@H](C[C@@H](O)CCC2CCCCC2)C(=O)O)cc1. The molecule has 1 aliphatic rings. The Hall–Kier alpha value is -1.86. The number of aliphatic carboxylic acids is 1. The number of carboxylic acid groups (broad SMARTS) is 1. The Morgan fingerprint density at radius 3 is 2.46 bits per heavy atom. The Morgan fingerprint density at radius 2 is 1.88 bits per heavy atom. The molecule has 1 aromatic rings. The third-order valence-corrected chi connectivity index (χ3v) is 5.10. The summed E-state index contributed by atoms with van der Waals surface area (Å²) in [5.41, 5.74) is 1.46. The molecule has 2 rings (SSSR count). The Morgan fingerprint density at radius 1 is 1.21 bits per heavy atom. The fourth-order valence-electron chi connectivity index (χ4n) is 3.62. The summed E-state index contributed by atoms with van der Waals surface area (Å²) in [7, 11) is 0. The van der Waals surface area contributed by atoms with Gasteiger partial charge in [-0.3, -0.25) is 4.79 Å². The van der Waals surface area contributed by atoms with E-state index in [-0.39, 0.29) is 0 Å². The molecule has 130 valence electrons. The first-order valence-electron chi connectivity index (χ1n) is 8.98. The van der Waals surface area contributed by atoms with E-state index in [4.69, 9.17) is 5.26 Å². The van der Waals surface area contributed by atoms with Gasteiger partial charge >= 0.3 is 5.97 Å². The number of carbonyl (C=O) groups is 1. The Balaban J connectivity index is 1.82. The monoisotopic (exact) mass is 329 g/mol. The molecular weight excluding hydrogens is 302 g/mol. The lowest BCUT2D eigenvalue weighted by molar-refractivity contribution is -0.142. The molecule has 0 aromatic heterocycles. The van der Waals surface area contributed by atoms with Crippen LogP contribution in [0.2, 0.25) is 0 Å². The largest absolute Gasteiger partial charge is 0.481 e. The van der Waals surface area contributed by atoms with E-state index in [9.17, 15) is 15.0 Å². The molecule has 1 saturated carbocycles. The lowest BCUT2D eigenvalue weighted by Crippen LogP contribution is -2.23. The van der Waals surface area contributed by atoms with Gasteiger partial charge in [0.25, 0.3) is 0 Å². The van der Waals surface area contributed by atoms with Crippen LogP contribution in [-0.4, -0.2) is 22.3 Å². The summed E-state index contributed by atoms with van der Waals surface area (Å²) in [5.74, 6) is -0.745. The van der Waals surface area contributed by atoms with E-state index in [1.807, 2.05) is 0 Å². The summed E-state index contributed by atoms with van der Waals surface area (Å²) >= 11 is 0. The molecule has 0 heterocycles. The highest BCUT2D eigenvalue weighted by Crippen LogP contribution is 2.28. The summed E-state index contributed by atoms with van der Waals surface area (Å²) in [6.07, 6.45) is 8.24. The molecule has 1 aliphatic carbocycles. The zero-order valence-electron chi connectivity index (χ0n) is 14.2. The molecular formula is C20H27NO3. The zero-order valence-corrected chi connectivity index (χ0v) is 14.2. The Labute approximate surface area is 144 Å². The number of nitrogens with zero attached hydrogens (tertiary/aromatic N) is 1. The lowest BCUT2D eigenvalue weighted by atomic mass is 9.84. The van der Waals surface area contributed by atoms with Gasteiger partial charge in [0.15, 0.2) is 0 Å². The van der Waals surface area contributed by atoms with Gasteiger partial charge in [-0.2, -0.15) is 5.26 Å². The van der Waals surface area contributed by atoms with Crippen LogP contribution in [-0.2, 0) is 11.2 Å². The van der Waals surface area contributed by atoms with Gasteiger partial charge in [0, 0.05) is 0 Å². The molecule has 24 heavy (non-hydrogen) atoms. The average Bonchev–Trinajstić information content (AvgIpc) is 2.61. The van der Waals surface area contributed by atoms with Gasteiger partial charge in [0.05, 0.1) is 23.7 Å².